The molecule has 0 fully saturated rings. The van der Waals surface area contributed by atoms with Crippen molar-refractivity contribution in [2.45, 2.75) is 0 Å². The molecule has 1 rings (SSSR count). The summed E-state index contributed by atoms with van der Waals surface area (Å²) in [6.07, 6.45) is -0.581. The summed E-state index contributed by atoms with van der Waals surface area (Å²) in [6.45, 7) is 0.533. The van der Waals surface area contributed by atoms with Gasteiger partial charge in [0.1, 0.15) is 12.4 Å². The second-order valence-corrected chi connectivity index (χ2v) is 3.53. The molecule has 1 amide bonds. The van der Waals surface area contributed by atoms with Gasteiger partial charge in [-0.05, 0) is 18.2 Å². The van der Waals surface area contributed by atoms with Crippen LogP contribution in [0.5, 0.6) is 5.75 Å². The number of hydrogen-bond acceptors (Lipinski definition) is 4. The standard InChI is InChI=1S/C11H14ClNO4/c1-15-5-6-17-11(14)13-9-7-8(12)3-4-10(9)16-2/h3-4,7H,5-6H2,1-2H3,(H,13,14). The number of benzene rings is 1. The Morgan fingerprint density at radius 2 is 2.12 bits per heavy atom. The van der Waals surface area contributed by atoms with Crippen molar-refractivity contribution in [2.75, 3.05) is 32.8 Å². The number of carbonyl (C=O) groups is 1. The van der Waals surface area contributed by atoms with Gasteiger partial charge in [-0.15, -0.1) is 0 Å². The highest BCUT2D eigenvalue weighted by atomic mass is 35.5. The Balaban J connectivity index is 2.60. The Morgan fingerprint density at radius 1 is 1.35 bits per heavy atom. The van der Waals surface area contributed by atoms with E-state index in [0.29, 0.717) is 23.1 Å². The molecule has 0 aliphatic rings. The summed E-state index contributed by atoms with van der Waals surface area (Å²) >= 11 is 5.82. The van der Waals surface area contributed by atoms with E-state index in [4.69, 9.17) is 25.8 Å². The number of anilines is 1. The van der Waals surface area contributed by atoms with Gasteiger partial charge in [-0.3, -0.25) is 5.32 Å². The van der Waals surface area contributed by atoms with Crippen molar-refractivity contribution in [2.24, 2.45) is 0 Å². The summed E-state index contributed by atoms with van der Waals surface area (Å²) in [5.41, 5.74) is 0.461. The molecular formula is C11H14ClNO4. The highest BCUT2D eigenvalue weighted by Gasteiger charge is 2.08. The number of hydrogen-bond donors (Lipinski definition) is 1. The number of ether oxygens (including phenoxy) is 3. The number of halogens is 1. The molecule has 0 bridgehead atoms. The molecule has 0 heterocycles. The quantitative estimate of drug-likeness (QED) is 0.826. The minimum Gasteiger partial charge on any atom is -0.495 e. The lowest BCUT2D eigenvalue weighted by atomic mass is 10.3. The third-order valence-corrected chi connectivity index (χ3v) is 2.15. The molecule has 1 aromatic rings. The molecule has 0 radical (unpaired) electrons. The fourth-order valence-corrected chi connectivity index (χ4v) is 1.31. The predicted octanol–water partition coefficient (Wildman–Crippen LogP) is 2.54. The number of carbonyl (C=O) groups excluding carboxylic acids is 1. The van der Waals surface area contributed by atoms with Crippen LogP contribution in [0.1, 0.15) is 0 Å². The van der Waals surface area contributed by atoms with Crippen LogP contribution in [0, 0.1) is 0 Å². The predicted molar refractivity (Wildman–Crippen MR) is 64.9 cm³/mol. The maximum Gasteiger partial charge on any atom is 0.411 e. The highest BCUT2D eigenvalue weighted by molar-refractivity contribution is 6.31. The van der Waals surface area contributed by atoms with Gasteiger partial charge in [-0.25, -0.2) is 4.79 Å². The third kappa shape index (κ3) is 4.50. The SMILES string of the molecule is COCCOC(=O)Nc1cc(Cl)ccc1OC. The van der Waals surface area contributed by atoms with Gasteiger partial charge in [0.05, 0.1) is 19.4 Å². The molecule has 1 N–H and O–H groups in total. The second-order valence-electron chi connectivity index (χ2n) is 3.10. The molecule has 17 heavy (non-hydrogen) atoms. The minimum absolute atomic E-state index is 0.186. The van der Waals surface area contributed by atoms with Crippen LogP contribution in [0.3, 0.4) is 0 Å². The molecule has 1 aromatic carbocycles. The normalized spacial score (nSPS) is 9.82. The molecule has 0 spiro atoms. The lowest BCUT2D eigenvalue weighted by molar-refractivity contribution is 0.107. The van der Waals surface area contributed by atoms with Crippen LogP contribution in [-0.2, 0) is 9.47 Å². The zero-order valence-electron chi connectivity index (χ0n) is 9.66. The van der Waals surface area contributed by atoms with Crippen LogP contribution >= 0.6 is 11.6 Å². The van der Waals surface area contributed by atoms with Crippen LogP contribution in [-0.4, -0.2) is 33.5 Å². The zero-order valence-corrected chi connectivity index (χ0v) is 10.4. The van der Waals surface area contributed by atoms with Gasteiger partial charge in [0, 0.05) is 12.1 Å². The highest BCUT2D eigenvalue weighted by Crippen LogP contribution is 2.27. The molecule has 6 heteroatoms. The second kappa shape index (κ2) is 6.98. The van der Waals surface area contributed by atoms with Crippen LogP contribution in [0.4, 0.5) is 10.5 Å². The minimum atomic E-state index is -0.581. The van der Waals surface area contributed by atoms with Crippen LogP contribution in [0.2, 0.25) is 5.02 Å². The first-order valence-corrected chi connectivity index (χ1v) is 5.31. The number of methoxy groups -OCH3 is 2. The molecule has 0 unspecified atom stereocenters. The maximum absolute atomic E-state index is 11.4. The van der Waals surface area contributed by atoms with E-state index >= 15 is 0 Å². The van der Waals surface area contributed by atoms with Gasteiger partial charge >= 0.3 is 6.09 Å². The van der Waals surface area contributed by atoms with E-state index in [2.05, 4.69) is 5.32 Å². The third-order valence-electron chi connectivity index (χ3n) is 1.92. The van der Waals surface area contributed by atoms with E-state index in [-0.39, 0.29) is 6.61 Å². The molecule has 0 aliphatic carbocycles. The maximum atomic E-state index is 11.4. The number of amides is 1. The summed E-state index contributed by atoms with van der Waals surface area (Å²) in [7, 11) is 3.03. The van der Waals surface area contributed by atoms with Gasteiger partial charge in [0.25, 0.3) is 0 Å². The van der Waals surface area contributed by atoms with Gasteiger partial charge in [0.2, 0.25) is 0 Å². The monoisotopic (exact) mass is 259 g/mol. The van der Waals surface area contributed by atoms with Crippen molar-refractivity contribution in [3.8, 4) is 5.75 Å². The van der Waals surface area contributed by atoms with Crippen molar-refractivity contribution in [1.82, 2.24) is 0 Å². The molecule has 0 saturated heterocycles. The fourth-order valence-electron chi connectivity index (χ4n) is 1.14. The largest absolute Gasteiger partial charge is 0.495 e. The molecule has 94 valence electrons. The van der Waals surface area contributed by atoms with Crippen LogP contribution < -0.4 is 10.1 Å². The lowest BCUT2D eigenvalue weighted by Gasteiger charge is -2.10. The Labute approximate surface area is 105 Å². The average Bonchev–Trinajstić information content (AvgIpc) is 2.29. The van der Waals surface area contributed by atoms with Gasteiger partial charge < -0.3 is 14.2 Å². The summed E-state index contributed by atoms with van der Waals surface area (Å²) in [6, 6.07) is 4.91. The van der Waals surface area contributed by atoms with E-state index in [1.54, 1.807) is 18.2 Å². The van der Waals surface area contributed by atoms with E-state index < -0.39 is 6.09 Å². The van der Waals surface area contributed by atoms with E-state index in [9.17, 15) is 4.79 Å². The summed E-state index contributed by atoms with van der Waals surface area (Å²) in [5.74, 6) is 0.512. The molecule has 0 atom stereocenters. The molecule has 5 nitrogen and oxygen atoms in total. The Morgan fingerprint density at radius 3 is 2.76 bits per heavy atom. The van der Waals surface area contributed by atoms with Crippen LogP contribution in [0.15, 0.2) is 18.2 Å². The molecule has 0 aromatic heterocycles. The molecule has 0 aliphatic heterocycles. The van der Waals surface area contributed by atoms with E-state index in [1.807, 2.05) is 0 Å². The topological polar surface area (TPSA) is 56.8 Å². The van der Waals surface area contributed by atoms with Gasteiger partial charge in [0.15, 0.2) is 0 Å². The first kappa shape index (κ1) is 13.6. The van der Waals surface area contributed by atoms with Crippen molar-refractivity contribution in [1.29, 1.82) is 0 Å². The lowest BCUT2D eigenvalue weighted by Crippen LogP contribution is -2.16. The Kier molecular flexibility index (Phi) is 5.59. The van der Waals surface area contributed by atoms with E-state index in [0.717, 1.165) is 0 Å². The summed E-state index contributed by atoms with van der Waals surface area (Å²) in [4.78, 5) is 11.4. The smallest absolute Gasteiger partial charge is 0.411 e. The van der Waals surface area contributed by atoms with Crippen molar-refractivity contribution in [3.05, 3.63) is 23.2 Å². The zero-order chi connectivity index (χ0) is 12.7. The number of rotatable bonds is 5. The van der Waals surface area contributed by atoms with E-state index in [1.165, 1.54) is 14.2 Å². The first-order valence-electron chi connectivity index (χ1n) is 4.93. The first-order chi connectivity index (χ1) is 8.17. The van der Waals surface area contributed by atoms with Gasteiger partial charge in [-0.2, -0.15) is 0 Å². The molecular weight excluding hydrogens is 246 g/mol. The Bertz CT molecular complexity index is 384. The van der Waals surface area contributed by atoms with Gasteiger partial charge in [-0.1, -0.05) is 11.6 Å². The Hall–Kier alpha value is -1.46. The van der Waals surface area contributed by atoms with Crippen molar-refractivity contribution < 1.29 is 19.0 Å². The van der Waals surface area contributed by atoms with Crippen LogP contribution in [0.25, 0.3) is 0 Å². The van der Waals surface area contributed by atoms with Crippen molar-refractivity contribution in [3.63, 3.8) is 0 Å². The number of nitrogens with one attached hydrogen (secondary N) is 1. The fraction of sp³-hybridized carbons (Fsp3) is 0.364. The molecule has 0 saturated carbocycles. The average molecular weight is 260 g/mol. The summed E-state index contributed by atoms with van der Waals surface area (Å²) < 4.78 is 14.7. The summed E-state index contributed by atoms with van der Waals surface area (Å²) in [5, 5.41) is 3.03. The van der Waals surface area contributed by atoms with Crippen molar-refractivity contribution >= 4 is 23.4 Å².